The number of hydrogen-bond acceptors (Lipinski definition) is 6. The molecule has 1 amide bonds. The largest absolute Gasteiger partial charge is 0.471 e. The van der Waals surface area contributed by atoms with Gasteiger partial charge in [-0.2, -0.15) is 26.7 Å². The number of alkyl halides is 3. The highest BCUT2D eigenvalue weighted by molar-refractivity contribution is 7.86. The first-order chi connectivity index (χ1) is 17.8. The summed E-state index contributed by atoms with van der Waals surface area (Å²) in [6.45, 7) is 3.76. The van der Waals surface area contributed by atoms with Crippen molar-refractivity contribution >= 4 is 49.5 Å². The van der Waals surface area contributed by atoms with Crippen LogP contribution in [0.4, 0.5) is 35.9 Å². The zero-order valence-corrected chi connectivity index (χ0v) is 20.9. The van der Waals surface area contributed by atoms with Crippen LogP contribution in [0, 0.1) is 13.8 Å². The molecule has 0 heterocycles. The normalized spacial score (nSPS) is 12.3. The summed E-state index contributed by atoms with van der Waals surface area (Å²) in [5, 5.41) is 9.59. The maximum atomic E-state index is 13.0. The Labute approximate surface area is 215 Å². The van der Waals surface area contributed by atoms with Crippen LogP contribution in [0.5, 0.6) is 0 Å². The molecule has 0 aliphatic heterocycles. The van der Waals surface area contributed by atoms with Crippen molar-refractivity contribution in [1.29, 1.82) is 0 Å². The van der Waals surface area contributed by atoms with E-state index in [1.165, 1.54) is 24.3 Å². The molecule has 0 radical (unpaired) electrons. The molecule has 0 fully saturated rings. The molecule has 0 saturated carbocycles. The van der Waals surface area contributed by atoms with Gasteiger partial charge in [0.05, 0.1) is 11.4 Å². The van der Waals surface area contributed by atoms with Crippen LogP contribution in [-0.4, -0.2) is 25.1 Å². The minimum atomic E-state index is -5.22. The summed E-state index contributed by atoms with van der Waals surface area (Å²) in [5.74, 6) is -2.28. The highest BCUT2D eigenvalue weighted by atomic mass is 32.2. The van der Waals surface area contributed by atoms with E-state index >= 15 is 0 Å². The highest BCUT2D eigenvalue weighted by Gasteiger charge is 2.39. The number of carbonyl (C=O) groups excluding carboxylic acids is 1. The summed E-state index contributed by atoms with van der Waals surface area (Å²) >= 11 is 0. The third kappa shape index (κ3) is 5.50. The van der Waals surface area contributed by atoms with Gasteiger partial charge in [-0.05, 0) is 66.4 Å². The van der Waals surface area contributed by atoms with E-state index in [1.54, 1.807) is 29.6 Å². The van der Waals surface area contributed by atoms with Crippen molar-refractivity contribution in [2.24, 2.45) is 10.2 Å². The number of rotatable bonds is 5. The van der Waals surface area contributed by atoms with E-state index in [9.17, 15) is 30.9 Å². The van der Waals surface area contributed by atoms with Gasteiger partial charge in [0.2, 0.25) is 0 Å². The lowest BCUT2D eigenvalue weighted by atomic mass is 9.96. The van der Waals surface area contributed by atoms with Crippen molar-refractivity contribution in [1.82, 2.24) is 0 Å². The Hall–Kier alpha value is -4.29. The number of nitrogens with two attached hydrogens (primary N) is 1. The second-order valence-corrected chi connectivity index (χ2v) is 9.90. The second-order valence-electron chi connectivity index (χ2n) is 8.51. The molecular formula is C26H21F3N4O4S. The molecular weight excluding hydrogens is 521 g/mol. The summed E-state index contributed by atoms with van der Waals surface area (Å²) in [6, 6.07) is 16.9. The monoisotopic (exact) mass is 542 g/mol. The zero-order valence-electron chi connectivity index (χ0n) is 20.0. The maximum Gasteiger partial charge on any atom is 0.471 e. The van der Waals surface area contributed by atoms with Gasteiger partial charge in [0.1, 0.15) is 10.6 Å². The fourth-order valence-corrected chi connectivity index (χ4v) is 4.77. The van der Waals surface area contributed by atoms with Crippen LogP contribution in [0.2, 0.25) is 0 Å². The van der Waals surface area contributed by atoms with E-state index in [0.717, 1.165) is 28.3 Å². The van der Waals surface area contributed by atoms with Gasteiger partial charge in [0.25, 0.3) is 10.1 Å². The van der Waals surface area contributed by atoms with E-state index in [2.05, 4.69) is 10.2 Å². The molecule has 8 nitrogen and oxygen atoms in total. The Bertz CT molecular complexity index is 1720. The van der Waals surface area contributed by atoms with Crippen LogP contribution >= 0.6 is 0 Å². The number of nitrogen functional groups attached to an aromatic ring is 1. The molecule has 38 heavy (non-hydrogen) atoms. The number of halogens is 3. The molecule has 0 aliphatic rings. The molecule has 0 bridgehead atoms. The Kier molecular flexibility index (Phi) is 6.96. The minimum absolute atomic E-state index is 0.0838. The lowest BCUT2D eigenvalue weighted by Crippen LogP contribution is -2.30. The highest BCUT2D eigenvalue weighted by Crippen LogP contribution is 2.40. The molecule has 4 aromatic rings. The molecule has 4 N–H and O–H groups in total. The van der Waals surface area contributed by atoms with Gasteiger partial charge in [-0.3, -0.25) is 9.35 Å². The quantitative estimate of drug-likeness (QED) is 0.144. The van der Waals surface area contributed by atoms with Crippen molar-refractivity contribution in [2.75, 3.05) is 11.1 Å². The van der Waals surface area contributed by atoms with Gasteiger partial charge in [0, 0.05) is 16.5 Å². The molecule has 0 saturated heterocycles. The number of amides is 1. The molecule has 0 atom stereocenters. The van der Waals surface area contributed by atoms with Gasteiger partial charge in [-0.15, -0.1) is 5.11 Å². The summed E-state index contributed by atoms with van der Waals surface area (Å²) < 4.78 is 73.0. The third-order valence-electron chi connectivity index (χ3n) is 5.78. The molecule has 12 heteroatoms. The number of anilines is 2. The molecule has 0 unspecified atom stereocenters. The number of benzene rings is 4. The number of nitrogens with one attached hydrogen (secondary N) is 1. The lowest BCUT2D eigenvalue weighted by molar-refractivity contribution is -0.167. The van der Waals surface area contributed by atoms with Gasteiger partial charge >= 0.3 is 12.1 Å². The molecule has 0 aromatic heterocycles. The van der Waals surface area contributed by atoms with Crippen molar-refractivity contribution in [3.8, 4) is 11.1 Å². The number of fused-ring (bicyclic) bond motifs is 1. The zero-order chi connectivity index (χ0) is 27.8. The maximum absolute atomic E-state index is 13.0. The average Bonchev–Trinajstić information content (AvgIpc) is 2.82. The van der Waals surface area contributed by atoms with Crippen LogP contribution in [0.15, 0.2) is 81.9 Å². The van der Waals surface area contributed by atoms with Crippen LogP contribution < -0.4 is 11.1 Å². The fourth-order valence-electron chi connectivity index (χ4n) is 4.05. The summed E-state index contributed by atoms with van der Waals surface area (Å²) in [6.07, 6.45) is -5.22. The average molecular weight is 543 g/mol. The van der Waals surface area contributed by atoms with Gasteiger partial charge in [-0.25, -0.2) is 0 Å². The van der Waals surface area contributed by atoms with Crippen LogP contribution in [0.25, 0.3) is 21.9 Å². The van der Waals surface area contributed by atoms with Gasteiger partial charge in [-0.1, -0.05) is 36.4 Å². The second kappa shape index (κ2) is 9.88. The molecule has 0 spiro atoms. The first kappa shape index (κ1) is 26.8. The van der Waals surface area contributed by atoms with E-state index in [-0.39, 0.29) is 10.8 Å². The molecule has 0 aliphatic carbocycles. The van der Waals surface area contributed by atoms with E-state index in [1.807, 2.05) is 26.0 Å². The van der Waals surface area contributed by atoms with Crippen molar-refractivity contribution in [3.05, 3.63) is 77.9 Å². The van der Waals surface area contributed by atoms with E-state index < -0.39 is 38.5 Å². The van der Waals surface area contributed by atoms with E-state index in [4.69, 9.17) is 5.73 Å². The number of azo groups is 1. The summed E-state index contributed by atoms with van der Waals surface area (Å²) in [7, 11) is -4.80. The Balaban J connectivity index is 1.83. The lowest BCUT2D eigenvalue weighted by Gasteiger charge is -2.15. The molecule has 4 rings (SSSR count). The number of carbonyl (C=O) groups is 1. The standard InChI is InChI=1S/C26H21F3N4O4S/c1-14-11-16(30)7-9-18(14)19-10-8-17(12-15(19)2)32-33-22-13-23(38(35,36)37)20-5-3-4-6-21(20)24(22)31-25(34)26(27,28)29/h3-13H,30H2,1-2H3,(H,31,34)(H,35,36,37)/b33-32+. The van der Waals surface area contributed by atoms with Gasteiger partial charge in [0.15, 0.2) is 0 Å². The fraction of sp³-hybridized carbons (Fsp3) is 0.115. The summed E-state index contributed by atoms with van der Waals surface area (Å²) in [5.41, 5.74) is 9.59. The smallest absolute Gasteiger partial charge is 0.399 e. The van der Waals surface area contributed by atoms with Crippen LogP contribution in [0.3, 0.4) is 0 Å². The summed E-state index contributed by atoms with van der Waals surface area (Å²) in [4.78, 5) is 11.2. The SMILES string of the molecule is Cc1cc(N)ccc1-c1ccc(/N=N/c2cc(S(=O)(=O)O)c3ccccc3c2NC(=O)C(F)(F)F)cc1C. The Morgan fingerprint density at radius 1 is 0.895 bits per heavy atom. The van der Waals surface area contributed by atoms with Crippen molar-refractivity contribution in [3.63, 3.8) is 0 Å². The predicted octanol–water partition coefficient (Wildman–Crippen LogP) is 6.87. The topological polar surface area (TPSA) is 134 Å². The van der Waals surface area contributed by atoms with Crippen LogP contribution in [0.1, 0.15) is 11.1 Å². The minimum Gasteiger partial charge on any atom is -0.399 e. The third-order valence-corrected chi connectivity index (χ3v) is 6.68. The van der Waals surface area contributed by atoms with E-state index in [0.29, 0.717) is 11.4 Å². The Morgan fingerprint density at radius 3 is 2.08 bits per heavy atom. The molecule has 4 aromatic carbocycles. The molecule has 196 valence electrons. The number of nitrogens with zero attached hydrogens (tertiary/aromatic N) is 2. The first-order valence-electron chi connectivity index (χ1n) is 11.1. The van der Waals surface area contributed by atoms with Gasteiger partial charge < -0.3 is 11.1 Å². The number of hydrogen-bond donors (Lipinski definition) is 3. The predicted molar refractivity (Wildman–Crippen MR) is 138 cm³/mol. The number of aryl methyl sites for hydroxylation is 2. The first-order valence-corrected chi connectivity index (χ1v) is 12.5. The van der Waals surface area contributed by atoms with Crippen molar-refractivity contribution < 1.29 is 30.9 Å². The Morgan fingerprint density at radius 2 is 1.50 bits per heavy atom. The van der Waals surface area contributed by atoms with Crippen LogP contribution in [-0.2, 0) is 14.9 Å². The van der Waals surface area contributed by atoms with Crippen molar-refractivity contribution in [2.45, 2.75) is 24.9 Å².